The number of aliphatic hydroxyl groups excluding tert-OH is 1. The van der Waals surface area contributed by atoms with Crippen molar-refractivity contribution in [1.82, 2.24) is 10.3 Å². The Bertz CT molecular complexity index is 692. The van der Waals surface area contributed by atoms with Gasteiger partial charge in [0, 0.05) is 25.1 Å². The van der Waals surface area contributed by atoms with Crippen LogP contribution in [0.25, 0.3) is 0 Å². The monoisotopic (exact) mass is 404 g/mol. The molecule has 0 aliphatic carbocycles. The summed E-state index contributed by atoms with van der Waals surface area (Å²) in [4.78, 5) is 3.46. The Balaban J connectivity index is 1.78. The summed E-state index contributed by atoms with van der Waals surface area (Å²) in [6.07, 6.45) is -4.87. The zero-order valence-electron chi connectivity index (χ0n) is 15.1. The molecule has 1 aromatic carbocycles. The van der Waals surface area contributed by atoms with Crippen molar-refractivity contribution in [2.24, 2.45) is 0 Å². The first-order chi connectivity index (χ1) is 12.8. The first-order valence-electron chi connectivity index (χ1n) is 8.44. The second-order valence-corrected chi connectivity index (χ2v) is 6.95. The van der Waals surface area contributed by atoms with E-state index in [1.165, 1.54) is 5.38 Å². The Morgan fingerprint density at radius 1 is 1.22 bits per heavy atom. The van der Waals surface area contributed by atoms with Gasteiger partial charge in [-0.3, -0.25) is 0 Å². The summed E-state index contributed by atoms with van der Waals surface area (Å²) in [7, 11) is 1.61. The van der Waals surface area contributed by atoms with Crippen LogP contribution in [0.3, 0.4) is 0 Å². The van der Waals surface area contributed by atoms with Crippen molar-refractivity contribution in [2.75, 3.05) is 26.9 Å². The van der Waals surface area contributed by atoms with E-state index < -0.39 is 17.3 Å². The van der Waals surface area contributed by atoms with Crippen molar-refractivity contribution in [3.63, 3.8) is 0 Å². The molecule has 2 rings (SSSR count). The maximum absolute atomic E-state index is 12.6. The average Bonchev–Trinajstić information content (AvgIpc) is 3.12. The second-order valence-electron chi connectivity index (χ2n) is 6.09. The summed E-state index contributed by atoms with van der Waals surface area (Å²) in [5, 5.41) is 13.5. The Kier molecular flexibility index (Phi) is 8.03. The zero-order chi connectivity index (χ0) is 19.9. The van der Waals surface area contributed by atoms with Crippen molar-refractivity contribution in [3.8, 4) is 5.75 Å². The van der Waals surface area contributed by atoms with Gasteiger partial charge in [-0.2, -0.15) is 13.2 Å². The lowest BCUT2D eigenvalue weighted by atomic mass is 10.1. The Hall–Kier alpha value is -1.68. The molecule has 2 unspecified atom stereocenters. The molecular weight excluding hydrogens is 381 g/mol. The highest BCUT2D eigenvalue weighted by atomic mass is 32.1. The lowest BCUT2D eigenvalue weighted by molar-refractivity contribution is -0.137. The number of halogens is 3. The fourth-order valence-electron chi connectivity index (χ4n) is 2.38. The largest absolute Gasteiger partial charge is 0.491 e. The van der Waals surface area contributed by atoms with Crippen molar-refractivity contribution < 1.29 is 27.8 Å². The molecule has 0 saturated heterocycles. The van der Waals surface area contributed by atoms with Crippen LogP contribution in [-0.2, 0) is 17.3 Å². The molecule has 2 atom stereocenters. The minimum Gasteiger partial charge on any atom is -0.491 e. The number of nitrogens with one attached hydrogen (secondary N) is 1. The molecule has 27 heavy (non-hydrogen) atoms. The summed E-state index contributed by atoms with van der Waals surface area (Å²) in [6, 6.07) is 7.68. The van der Waals surface area contributed by atoms with Gasteiger partial charge in [0.15, 0.2) is 5.01 Å². The maximum atomic E-state index is 12.6. The highest BCUT2D eigenvalue weighted by Crippen LogP contribution is 2.32. The van der Waals surface area contributed by atoms with Gasteiger partial charge in [0.1, 0.15) is 18.5 Å². The highest BCUT2D eigenvalue weighted by molar-refractivity contribution is 7.09. The number of ether oxygens (including phenoxy) is 2. The highest BCUT2D eigenvalue weighted by Gasteiger charge is 2.35. The lowest BCUT2D eigenvalue weighted by Crippen LogP contribution is -2.32. The molecule has 5 nitrogen and oxygen atoms in total. The third kappa shape index (κ3) is 7.10. The summed E-state index contributed by atoms with van der Waals surface area (Å²) in [6.45, 7) is 3.07. The first kappa shape index (κ1) is 21.6. The molecule has 0 fully saturated rings. The van der Waals surface area contributed by atoms with E-state index in [0.29, 0.717) is 31.0 Å². The third-order valence-corrected chi connectivity index (χ3v) is 4.69. The summed E-state index contributed by atoms with van der Waals surface area (Å²) < 4.78 is 48.1. The number of benzene rings is 1. The van der Waals surface area contributed by atoms with Crippen molar-refractivity contribution in [2.45, 2.75) is 31.7 Å². The van der Waals surface area contributed by atoms with E-state index in [1.807, 2.05) is 31.2 Å². The molecule has 0 radical (unpaired) electrons. The molecule has 0 saturated carbocycles. The SMILES string of the molecule is COCCOc1ccc(CC(C)NCC(O)c2csc(C(F)(F)F)n2)cc1. The number of hydrogen-bond donors (Lipinski definition) is 2. The molecule has 0 amide bonds. The molecule has 0 spiro atoms. The first-order valence-corrected chi connectivity index (χ1v) is 9.32. The smallest absolute Gasteiger partial charge is 0.443 e. The van der Waals surface area contributed by atoms with Gasteiger partial charge in [0.05, 0.1) is 12.3 Å². The minimum absolute atomic E-state index is 0.0284. The van der Waals surface area contributed by atoms with E-state index in [9.17, 15) is 18.3 Å². The predicted octanol–water partition coefficient (Wildman–Crippen LogP) is 3.44. The summed E-state index contributed by atoms with van der Waals surface area (Å²) in [5.41, 5.74) is 1.11. The molecule has 2 N–H and O–H groups in total. The van der Waals surface area contributed by atoms with Crippen LogP contribution in [0.2, 0.25) is 0 Å². The predicted molar refractivity (Wildman–Crippen MR) is 97.1 cm³/mol. The van der Waals surface area contributed by atoms with Crippen LogP contribution in [0.5, 0.6) is 5.75 Å². The van der Waals surface area contributed by atoms with Crippen LogP contribution in [0.1, 0.15) is 29.3 Å². The van der Waals surface area contributed by atoms with Gasteiger partial charge in [-0.1, -0.05) is 12.1 Å². The van der Waals surface area contributed by atoms with E-state index in [1.54, 1.807) is 7.11 Å². The van der Waals surface area contributed by atoms with E-state index in [-0.39, 0.29) is 18.3 Å². The summed E-state index contributed by atoms with van der Waals surface area (Å²) in [5.74, 6) is 0.760. The third-order valence-electron chi connectivity index (χ3n) is 3.79. The molecule has 1 aromatic heterocycles. The van der Waals surface area contributed by atoms with Gasteiger partial charge in [-0.15, -0.1) is 11.3 Å². The molecule has 0 aliphatic rings. The Morgan fingerprint density at radius 3 is 2.52 bits per heavy atom. The van der Waals surface area contributed by atoms with Gasteiger partial charge >= 0.3 is 6.18 Å². The number of hydrogen-bond acceptors (Lipinski definition) is 6. The van der Waals surface area contributed by atoms with Gasteiger partial charge in [0.25, 0.3) is 0 Å². The van der Waals surface area contributed by atoms with Crippen LogP contribution in [-0.4, -0.2) is 43.0 Å². The molecule has 150 valence electrons. The van der Waals surface area contributed by atoms with Crippen molar-refractivity contribution >= 4 is 11.3 Å². The number of thiazole rings is 1. The van der Waals surface area contributed by atoms with E-state index >= 15 is 0 Å². The number of rotatable bonds is 10. The van der Waals surface area contributed by atoms with Crippen LogP contribution in [0.4, 0.5) is 13.2 Å². The number of aliphatic hydroxyl groups is 1. The maximum Gasteiger partial charge on any atom is 0.443 e. The van der Waals surface area contributed by atoms with Gasteiger partial charge in [-0.05, 0) is 31.0 Å². The Labute approximate surface area is 160 Å². The molecule has 2 aromatic rings. The Morgan fingerprint density at radius 2 is 1.93 bits per heavy atom. The molecule has 0 bridgehead atoms. The minimum atomic E-state index is -4.48. The number of methoxy groups -OCH3 is 1. The fraction of sp³-hybridized carbons (Fsp3) is 0.500. The van der Waals surface area contributed by atoms with Gasteiger partial charge in [-0.25, -0.2) is 4.98 Å². The number of alkyl halides is 3. The van der Waals surface area contributed by atoms with Crippen LogP contribution < -0.4 is 10.1 Å². The lowest BCUT2D eigenvalue weighted by Gasteiger charge is -2.16. The normalized spacial score (nSPS) is 14.1. The van der Waals surface area contributed by atoms with E-state index in [4.69, 9.17) is 9.47 Å². The molecular formula is C18H23F3N2O3S. The molecule has 1 heterocycles. The van der Waals surface area contributed by atoms with E-state index in [2.05, 4.69) is 10.3 Å². The van der Waals surface area contributed by atoms with Gasteiger partial charge < -0.3 is 19.9 Å². The second kappa shape index (κ2) is 10.0. The quantitative estimate of drug-likeness (QED) is 0.594. The number of nitrogens with zero attached hydrogens (tertiary/aromatic N) is 1. The van der Waals surface area contributed by atoms with E-state index in [0.717, 1.165) is 11.3 Å². The molecule has 0 aliphatic heterocycles. The van der Waals surface area contributed by atoms with Crippen LogP contribution in [0, 0.1) is 0 Å². The van der Waals surface area contributed by atoms with Gasteiger partial charge in [0.2, 0.25) is 0 Å². The standard InChI is InChI=1S/C18H23F3N2O3S/c1-12(9-13-3-5-14(6-4-13)26-8-7-25-2)22-10-16(24)15-11-27-17(23-15)18(19,20)21/h3-6,11-12,16,22,24H,7-10H2,1-2H3. The molecule has 9 heteroatoms. The van der Waals surface area contributed by atoms with Crippen molar-refractivity contribution in [3.05, 3.63) is 45.9 Å². The van der Waals surface area contributed by atoms with Crippen LogP contribution >= 0.6 is 11.3 Å². The fourth-order valence-corrected chi connectivity index (χ4v) is 3.11. The van der Waals surface area contributed by atoms with Crippen LogP contribution in [0.15, 0.2) is 29.6 Å². The zero-order valence-corrected chi connectivity index (χ0v) is 15.9. The average molecular weight is 404 g/mol. The topological polar surface area (TPSA) is 63.6 Å². The summed E-state index contributed by atoms with van der Waals surface area (Å²) >= 11 is 0.486. The number of aromatic nitrogens is 1. The van der Waals surface area contributed by atoms with Crippen molar-refractivity contribution in [1.29, 1.82) is 0 Å².